The predicted octanol–water partition coefficient (Wildman–Crippen LogP) is 3.46. The first-order valence-corrected chi connectivity index (χ1v) is 12.6. The highest BCUT2D eigenvalue weighted by Gasteiger charge is 2.39. The molecule has 1 saturated heterocycles. The molecule has 1 atom stereocenters. The highest BCUT2D eigenvalue weighted by atomic mass is 32.2. The van der Waals surface area contributed by atoms with Gasteiger partial charge in [0.05, 0.1) is 17.8 Å². The summed E-state index contributed by atoms with van der Waals surface area (Å²) in [5, 5.41) is 11.2. The van der Waals surface area contributed by atoms with Crippen molar-refractivity contribution in [1.29, 1.82) is 0 Å². The Morgan fingerprint density at radius 3 is 2.75 bits per heavy atom. The number of rotatable bonds is 5. The molecular formula is C19H15FN6O3S3. The van der Waals surface area contributed by atoms with Crippen LogP contribution in [0.3, 0.4) is 0 Å². The molecule has 1 aliphatic rings. The first kappa shape index (κ1) is 21.0. The van der Waals surface area contributed by atoms with Crippen LogP contribution in [0.4, 0.5) is 10.1 Å². The number of fused-ring (bicyclic) bond motifs is 1. The fraction of sp³-hybridized carbons (Fsp3) is 0.211. The van der Waals surface area contributed by atoms with Crippen molar-refractivity contribution in [2.24, 2.45) is 0 Å². The van der Waals surface area contributed by atoms with Crippen LogP contribution in [0.25, 0.3) is 11.0 Å². The largest absolute Gasteiger partial charge is 0.320 e. The van der Waals surface area contributed by atoms with Gasteiger partial charge >= 0.3 is 0 Å². The van der Waals surface area contributed by atoms with Crippen LogP contribution < -0.4 is 5.32 Å². The van der Waals surface area contributed by atoms with E-state index in [2.05, 4.69) is 24.3 Å². The van der Waals surface area contributed by atoms with Crippen LogP contribution in [0.15, 0.2) is 47.4 Å². The number of halogens is 1. The number of carbonyl (C=O) groups excluding carboxylic acids is 1. The van der Waals surface area contributed by atoms with Gasteiger partial charge in [0.15, 0.2) is 0 Å². The van der Waals surface area contributed by atoms with Crippen LogP contribution in [0.2, 0.25) is 0 Å². The van der Waals surface area contributed by atoms with E-state index in [9.17, 15) is 17.6 Å². The summed E-state index contributed by atoms with van der Waals surface area (Å²) in [7, 11) is -3.86. The molecule has 2 aromatic heterocycles. The lowest BCUT2D eigenvalue weighted by Crippen LogP contribution is -2.30. The number of nitrogens with zero attached hydrogens (tertiary/aromatic N) is 5. The van der Waals surface area contributed by atoms with Crippen LogP contribution in [0.5, 0.6) is 0 Å². The molecule has 0 unspecified atom stereocenters. The zero-order valence-electron chi connectivity index (χ0n) is 16.3. The van der Waals surface area contributed by atoms with Crippen molar-refractivity contribution in [2.75, 3.05) is 11.9 Å². The molecule has 0 spiro atoms. The van der Waals surface area contributed by atoms with Gasteiger partial charge in [-0.3, -0.25) is 4.79 Å². The lowest BCUT2D eigenvalue weighted by molar-refractivity contribution is 0.102. The van der Waals surface area contributed by atoms with Gasteiger partial charge in [0.25, 0.3) is 5.91 Å². The Kier molecular flexibility index (Phi) is 5.41. The smallest absolute Gasteiger partial charge is 0.286 e. The van der Waals surface area contributed by atoms with Gasteiger partial charge in [0.1, 0.15) is 26.8 Å². The molecule has 1 fully saturated rings. The zero-order chi connectivity index (χ0) is 22.3. The Balaban J connectivity index is 1.40. The van der Waals surface area contributed by atoms with Crippen LogP contribution in [-0.2, 0) is 10.0 Å². The number of hydrogen-bond acceptors (Lipinski definition) is 9. The van der Waals surface area contributed by atoms with Gasteiger partial charge in [0, 0.05) is 12.2 Å². The number of nitrogens with one attached hydrogen (secondary N) is 1. The van der Waals surface area contributed by atoms with Crippen LogP contribution in [0.1, 0.15) is 33.7 Å². The maximum absolute atomic E-state index is 13.4. The van der Waals surface area contributed by atoms with Gasteiger partial charge in [-0.15, -0.1) is 10.2 Å². The topological polar surface area (TPSA) is 118 Å². The summed E-state index contributed by atoms with van der Waals surface area (Å²) >= 11 is 2.00. The average molecular weight is 491 g/mol. The number of aromatic nitrogens is 4. The second kappa shape index (κ2) is 8.24. The molecular weight excluding hydrogens is 475 g/mol. The average Bonchev–Trinajstić information content (AvgIpc) is 3.54. The van der Waals surface area contributed by atoms with E-state index in [1.54, 1.807) is 12.1 Å². The van der Waals surface area contributed by atoms with E-state index in [4.69, 9.17) is 0 Å². The molecule has 164 valence electrons. The monoisotopic (exact) mass is 490 g/mol. The Morgan fingerprint density at radius 2 is 1.94 bits per heavy atom. The highest BCUT2D eigenvalue weighted by molar-refractivity contribution is 7.89. The molecule has 13 heteroatoms. The van der Waals surface area contributed by atoms with Crippen molar-refractivity contribution in [3.05, 3.63) is 58.3 Å². The Labute approximate surface area is 190 Å². The number of carbonyl (C=O) groups is 1. The SMILES string of the molecule is O=C(Nc1ccc(F)cc1)c1nnc([C@@H]2CCCN2S(=O)(=O)c2cccc3nsnc23)s1. The molecule has 3 heterocycles. The van der Waals surface area contributed by atoms with E-state index in [1.165, 1.54) is 34.6 Å². The number of hydrogen-bond donors (Lipinski definition) is 1. The van der Waals surface area contributed by atoms with Crippen molar-refractivity contribution in [3.63, 3.8) is 0 Å². The number of benzene rings is 2. The predicted molar refractivity (Wildman–Crippen MR) is 118 cm³/mol. The van der Waals surface area contributed by atoms with E-state index in [0.717, 1.165) is 23.1 Å². The summed E-state index contributed by atoms with van der Waals surface area (Å²) in [6.07, 6.45) is 1.23. The third-order valence-electron chi connectivity index (χ3n) is 5.06. The van der Waals surface area contributed by atoms with Crippen molar-refractivity contribution in [1.82, 2.24) is 23.2 Å². The standard InChI is InChI=1S/C19H15FN6O3S3/c20-11-6-8-12(9-7-11)21-17(27)19-23-22-18(30-19)14-4-2-10-26(14)32(28,29)15-5-1-3-13-16(15)25-31-24-13/h1,3,5-9,14H,2,4,10H2,(H,21,27)/t14-/m0/s1. The summed E-state index contributed by atoms with van der Waals surface area (Å²) in [5.74, 6) is -0.904. The molecule has 0 aliphatic carbocycles. The molecule has 1 amide bonds. The van der Waals surface area contributed by atoms with E-state index in [1.807, 2.05) is 0 Å². The van der Waals surface area contributed by atoms with Gasteiger partial charge in [-0.1, -0.05) is 17.4 Å². The lowest BCUT2D eigenvalue weighted by Gasteiger charge is -2.22. The normalized spacial score (nSPS) is 17.1. The first-order chi connectivity index (χ1) is 15.4. The van der Waals surface area contributed by atoms with Crippen molar-refractivity contribution in [3.8, 4) is 0 Å². The quantitative estimate of drug-likeness (QED) is 0.455. The molecule has 5 rings (SSSR count). The van der Waals surface area contributed by atoms with E-state index in [-0.39, 0.29) is 9.90 Å². The maximum atomic E-state index is 13.4. The fourth-order valence-corrected chi connectivity index (χ4v) is 6.94. The van der Waals surface area contributed by atoms with Crippen molar-refractivity contribution < 1.29 is 17.6 Å². The molecule has 0 radical (unpaired) electrons. The summed E-state index contributed by atoms with van der Waals surface area (Å²) in [5.41, 5.74) is 1.30. The van der Waals surface area contributed by atoms with E-state index in [0.29, 0.717) is 41.1 Å². The molecule has 2 aromatic carbocycles. The number of amides is 1. The van der Waals surface area contributed by atoms with E-state index >= 15 is 0 Å². The minimum absolute atomic E-state index is 0.0966. The summed E-state index contributed by atoms with van der Waals surface area (Å²) in [4.78, 5) is 12.6. The van der Waals surface area contributed by atoms with Gasteiger partial charge in [-0.05, 0) is 49.2 Å². The van der Waals surface area contributed by atoms with Crippen LogP contribution in [0, 0.1) is 5.82 Å². The van der Waals surface area contributed by atoms with Crippen LogP contribution >= 0.6 is 23.1 Å². The molecule has 9 nitrogen and oxygen atoms in total. The Bertz CT molecular complexity index is 1400. The van der Waals surface area contributed by atoms with Gasteiger partial charge in [-0.2, -0.15) is 13.1 Å². The maximum Gasteiger partial charge on any atom is 0.286 e. The Hall–Kier alpha value is -2.87. The molecule has 1 N–H and O–H groups in total. The summed E-state index contributed by atoms with van der Waals surface area (Å²) < 4.78 is 49.6. The minimum atomic E-state index is -3.86. The van der Waals surface area contributed by atoms with Crippen LogP contribution in [-0.4, -0.2) is 44.1 Å². The first-order valence-electron chi connectivity index (χ1n) is 9.57. The molecule has 32 heavy (non-hydrogen) atoms. The molecule has 4 aromatic rings. The second-order valence-corrected chi connectivity index (χ2v) is 10.5. The summed E-state index contributed by atoms with van der Waals surface area (Å²) in [6.45, 7) is 0.331. The zero-order valence-corrected chi connectivity index (χ0v) is 18.8. The van der Waals surface area contributed by atoms with Crippen molar-refractivity contribution >= 4 is 55.7 Å². The van der Waals surface area contributed by atoms with Gasteiger partial charge < -0.3 is 5.32 Å². The molecule has 0 bridgehead atoms. The third-order valence-corrected chi connectivity index (χ3v) is 8.57. The third kappa shape index (κ3) is 3.77. The van der Waals surface area contributed by atoms with Crippen molar-refractivity contribution in [2.45, 2.75) is 23.8 Å². The Morgan fingerprint density at radius 1 is 1.12 bits per heavy atom. The molecule has 0 saturated carbocycles. The van der Waals surface area contributed by atoms with Gasteiger partial charge in [-0.25, -0.2) is 12.8 Å². The number of anilines is 1. The second-order valence-electron chi connectivity index (χ2n) is 7.07. The van der Waals surface area contributed by atoms with Gasteiger partial charge in [0.2, 0.25) is 15.0 Å². The lowest BCUT2D eigenvalue weighted by atomic mass is 10.2. The highest BCUT2D eigenvalue weighted by Crippen LogP contribution is 2.39. The minimum Gasteiger partial charge on any atom is -0.320 e. The van der Waals surface area contributed by atoms with E-state index < -0.39 is 27.8 Å². The fourth-order valence-electron chi connectivity index (χ4n) is 3.57. The summed E-state index contributed by atoms with van der Waals surface area (Å²) in [6, 6.07) is 9.72. The molecule has 1 aliphatic heterocycles. The number of sulfonamides is 1.